The standard InChI is InChI=1S/C31H30N4O7/c1-20(36)40-25-9-5-6-10-26(25)41-30(38)23-15-17-34(18-16-23)27-19-35(31(39)42-27)24-13-11-21(12-14-24)28(32)33-29(37)22-7-3-2-4-8-22/h2-14,23,27H,15-19H2,1H3,(H2,32,33,37). The number of ether oxygens (including phenoxy) is 3. The van der Waals surface area contributed by atoms with Crippen molar-refractivity contribution in [3.63, 3.8) is 0 Å². The maximum Gasteiger partial charge on any atom is 0.416 e. The van der Waals surface area contributed by atoms with Crippen molar-refractivity contribution in [2.75, 3.05) is 24.5 Å². The number of cyclic esters (lactones) is 1. The zero-order valence-corrected chi connectivity index (χ0v) is 23.0. The largest absolute Gasteiger partial charge is 0.428 e. The molecule has 0 bridgehead atoms. The number of amidine groups is 1. The summed E-state index contributed by atoms with van der Waals surface area (Å²) in [6.45, 7) is 2.68. The van der Waals surface area contributed by atoms with Gasteiger partial charge in [0, 0.05) is 36.8 Å². The van der Waals surface area contributed by atoms with Gasteiger partial charge >= 0.3 is 18.0 Å². The Labute approximate surface area is 242 Å². The highest BCUT2D eigenvalue weighted by Crippen LogP contribution is 2.30. The Bertz CT molecular complexity index is 1500. The lowest BCUT2D eigenvalue weighted by atomic mass is 9.97. The minimum Gasteiger partial charge on any atom is -0.428 e. The lowest BCUT2D eigenvalue weighted by Crippen LogP contribution is -2.45. The summed E-state index contributed by atoms with van der Waals surface area (Å²) in [5, 5.41) is 0. The van der Waals surface area contributed by atoms with Crippen molar-refractivity contribution >= 4 is 35.5 Å². The Balaban J connectivity index is 1.15. The summed E-state index contributed by atoms with van der Waals surface area (Å²) < 4.78 is 16.3. The molecular weight excluding hydrogens is 540 g/mol. The van der Waals surface area contributed by atoms with Crippen LogP contribution in [0.3, 0.4) is 0 Å². The van der Waals surface area contributed by atoms with Gasteiger partial charge in [0.15, 0.2) is 17.7 Å². The van der Waals surface area contributed by atoms with E-state index in [2.05, 4.69) is 4.99 Å². The van der Waals surface area contributed by atoms with Gasteiger partial charge in [0.25, 0.3) is 5.91 Å². The van der Waals surface area contributed by atoms with Gasteiger partial charge in [-0.1, -0.05) is 30.3 Å². The molecule has 1 atom stereocenters. The quantitative estimate of drug-likeness (QED) is 0.195. The average molecular weight is 571 g/mol. The molecule has 2 N–H and O–H groups in total. The molecule has 5 rings (SSSR count). The molecule has 0 radical (unpaired) electrons. The monoisotopic (exact) mass is 570 g/mol. The first kappa shape index (κ1) is 28.5. The summed E-state index contributed by atoms with van der Waals surface area (Å²) in [7, 11) is 0. The second-order valence-electron chi connectivity index (χ2n) is 9.94. The van der Waals surface area contributed by atoms with E-state index in [4.69, 9.17) is 19.9 Å². The Morgan fingerprint density at radius 3 is 2.12 bits per heavy atom. The number of piperidine rings is 1. The average Bonchev–Trinajstić information content (AvgIpc) is 3.39. The number of hydrogen-bond donors (Lipinski definition) is 1. The topological polar surface area (TPSA) is 141 Å². The molecule has 2 amide bonds. The van der Waals surface area contributed by atoms with Gasteiger partial charge < -0.3 is 19.9 Å². The number of hydrogen-bond acceptors (Lipinski definition) is 8. The molecule has 0 aromatic heterocycles. The summed E-state index contributed by atoms with van der Waals surface area (Å²) >= 11 is 0. The van der Waals surface area contributed by atoms with E-state index < -0.39 is 30.2 Å². The summed E-state index contributed by atoms with van der Waals surface area (Å²) in [6.07, 6.45) is 0.112. The number of para-hydroxylation sites is 2. The summed E-state index contributed by atoms with van der Waals surface area (Å²) in [6, 6.07) is 22.0. The molecule has 42 heavy (non-hydrogen) atoms. The van der Waals surface area contributed by atoms with Crippen LogP contribution in [0.25, 0.3) is 0 Å². The lowest BCUT2D eigenvalue weighted by molar-refractivity contribution is -0.142. The van der Waals surface area contributed by atoms with E-state index in [1.807, 2.05) is 11.0 Å². The molecule has 11 nitrogen and oxygen atoms in total. The Kier molecular flexibility index (Phi) is 8.58. The molecular formula is C31H30N4O7. The predicted molar refractivity (Wildman–Crippen MR) is 153 cm³/mol. The first-order valence-corrected chi connectivity index (χ1v) is 13.5. The van der Waals surface area contributed by atoms with Gasteiger partial charge in [-0.2, -0.15) is 4.99 Å². The molecule has 0 aliphatic carbocycles. The third-order valence-electron chi connectivity index (χ3n) is 7.10. The number of carbonyl (C=O) groups excluding carboxylic acids is 4. The van der Waals surface area contributed by atoms with Gasteiger partial charge in [-0.05, 0) is 61.4 Å². The normalized spacial score (nSPS) is 17.9. The van der Waals surface area contributed by atoms with Gasteiger partial charge in [-0.3, -0.25) is 24.2 Å². The van der Waals surface area contributed by atoms with Crippen LogP contribution in [0.1, 0.15) is 35.7 Å². The van der Waals surface area contributed by atoms with Crippen molar-refractivity contribution in [2.45, 2.75) is 26.0 Å². The number of likely N-dealkylation sites (tertiary alicyclic amines) is 1. The minimum atomic E-state index is -0.504. The fourth-order valence-corrected chi connectivity index (χ4v) is 4.87. The molecule has 2 aliphatic heterocycles. The first-order valence-electron chi connectivity index (χ1n) is 13.5. The van der Waals surface area contributed by atoms with Crippen molar-refractivity contribution < 1.29 is 33.4 Å². The van der Waals surface area contributed by atoms with E-state index >= 15 is 0 Å². The molecule has 0 spiro atoms. The van der Waals surface area contributed by atoms with Crippen LogP contribution in [-0.2, 0) is 14.3 Å². The van der Waals surface area contributed by atoms with E-state index in [0.717, 1.165) is 0 Å². The van der Waals surface area contributed by atoms with Crippen LogP contribution in [0.5, 0.6) is 11.5 Å². The van der Waals surface area contributed by atoms with E-state index in [1.54, 1.807) is 72.8 Å². The van der Waals surface area contributed by atoms with Crippen LogP contribution < -0.4 is 20.1 Å². The third-order valence-corrected chi connectivity index (χ3v) is 7.10. The molecule has 3 aromatic carbocycles. The number of anilines is 1. The maximum absolute atomic E-state index is 12.8. The smallest absolute Gasteiger partial charge is 0.416 e. The summed E-state index contributed by atoms with van der Waals surface area (Å²) in [4.78, 5) is 56.8. The van der Waals surface area contributed by atoms with Crippen molar-refractivity contribution in [1.29, 1.82) is 0 Å². The molecule has 2 fully saturated rings. The van der Waals surface area contributed by atoms with Crippen molar-refractivity contribution in [3.05, 3.63) is 90.0 Å². The van der Waals surface area contributed by atoms with Crippen LogP contribution >= 0.6 is 0 Å². The van der Waals surface area contributed by atoms with Crippen LogP contribution in [-0.4, -0.2) is 60.5 Å². The molecule has 0 saturated carbocycles. The van der Waals surface area contributed by atoms with Crippen LogP contribution in [0, 0.1) is 5.92 Å². The zero-order valence-electron chi connectivity index (χ0n) is 23.0. The van der Waals surface area contributed by atoms with Gasteiger partial charge in [0.1, 0.15) is 5.84 Å². The number of amides is 2. The fourth-order valence-electron chi connectivity index (χ4n) is 4.87. The van der Waals surface area contributed by atoms with E-state index in [9.17, 15) is 19.2 Å². The maximum atomic E-state index is 12.8. The predicted octanol–water partition coefficient (Wildman–Crippen LogP) is 3.76. The number of nitrogens with two attached hydrogens (primary N) is 1. The number of benzene rings is 3. The van der Waals surface area contributed by atoms with Crippen LogP contribution in [0.15, 0.2) is 83.9 Å². The number of rotatable bonds is 7. The Morgan fingerprint density at radius 1 is 0.857 bits per heavy atom. The molecule has 2 aliphatic rings. The highest BCUT2D eigenvalue weighted by Gasteiger charge is 2.39. The van der Waals surface area contributed by atoms with E-state index in [0.29, 0.717) is 49.3 Å². The van der Waals surface area contributed by atoms with E-state index in [-0.39, 0.29) is 23.3 Å². The fraction of sp³-hybridized carbons (Fsp3) is 0.258. The van der Waals surface area contributed by atoms with Crippen molar-refractivity contribution in [2.24, 2.45) is 16.6 Å². The summed E-state index contributed by atoms with van der Waals surface area (Å²) in [5.74, 6) is -1.21. The Morgan fingerprint density at radius 2 is 1.48 bits per heavy atom. The Hall–Kier alpha value is -5.03. The first-order chi connectivity index (χ1) is 20.3. The molecule has 2 heterocycles. The van der Waals surface area contributed by atoms with Crippen LogP contribution in [0.4, 0.5) is 10.5 Å². The van der Waals surface area contributed by atoms with Gasteiger partial charge in [-0.15, -0.1) is 0 Å². The molecule has 11 heteroatoms. The molecule has 2 saturated heterocycles. The van der Waals surface area contributed by atoms with Gasteiger partial charge in [-0.25, -0.2) is 4.79 Å². The zero-order chi connectivity index (χ0) is 29.6. The van der Waals surface area contributed by atoms with Crippen LogP contribution in [0.2, 0.25) is 0 Å². The number of nitrogens with zero attached hydrogens (tertiary/aromatic N) is 3. The second-order valence-corrected chi connectivity index (χ2v) is 9.94. The van der Waals surface area contributed by atoms with E-state index in [1.165, 1.54) is 11.8 Å². The highest BCUT2D eigenvalue weighted by molar-refractivity contribution is 6.09. The highest BCUT2D eigenvalue weighted by atomic mass is 16.6. The number of aliphatic imine (C=N–C) groups is 1. The van der Waals surface area contributed by atoms with Gasteiger partial charge in [0.05, 0.1) is 12.5 Å². The second kappa shape index (κ2) is 12.6. The molecule has 216 valence electrons. The lowest BCUT2D eigenvalue weighted by Gasteiger charge is -2.33. The molecule has 3 aromatic rings. The summed E-state index contributed by atoms with van der Waals surface area (Å²) in [5.41, 5.74) is 7.66. The minimum absolute atomic E-state index is 0.0774. The van der Waals surface area contributed by atoms with Crippen molar-refractivity contribution in [3.8, 4) is 11.5 Å². The number of carbonyl (C=O) groups is 4. The third kappa shape index (κ3) is 6.64. The molecule has 1 unspecified atom stereocenters. The van der Waals surface area contributed by atoms with Crippen molar-refractivity contribution in [1.82, 2.24) is 4.90 Å². The number of esters is 2. The van der Waals surface area contributed by atoms with Gasteiger partial charge in [0.2, 0.25) is 0 Å². The SMILES string of the molecule is CC(=O)Oc1ccccc1OC(=O)C1CCN(C2CN(c3ccc(C(N)=NC(=O)c4ccccc4)cc3)C(=O)O2)CC1.